The van der Waals surface area contributed by atoms with Crippen LogP contribution >= 0.6 is 0 Å². The van der Waals surface area contributed by atoms with E-state index in [0.29, 0.717) is 18.7 Å². The number of ether oxygens (including phenoxy) is 1. The molecular formula is C19H26N2O3S. The second kappa shape index (κ2) is 7.89. The van der Waals surface area contributed by atoms with Crippen LogP contribution in [-0.4, -0.2) is 36.2 Å². The van der Waals surface area contributed by atoms with Gasteiger partial charge in [-0.15, -0.1) is 0 Å². The van der Waals surface area contributed by atoms with E-state index in [1.165, 1.54) is 7.11 Å². The van der Waals surface area contributed by atoms with Crippen molar-refractivity contribution in [2.24, 2.45) is 0 Å². The third-order valence-corrected chi connectivity index (χ3v) is 5.71. The van der Waals surface area contributed by atoms with E-state index in [9.17, 15) is 8.42 Å². The summed E-state index contributed by atoms with van der Waals surface area (Å²) in [6.07, 6.45) is 0.625. The van der Waals surface area contributed by atoms with Crippen molar-refractivity contribution in [1.82, 2.24) is 4.72 Å². The van der Waals surface area contributed by atoms with Gasteiger partial charge >= 0.3 is 0 Å². The number of hydrogen-bond donors (Lipinski definition) is 1. The number of anilines is 1. The van der Waals surface area contributed by atoms with Crippen LogP contribution in [0.5, 0.6) is 5.75 Å². The van der Waals surface area contributed by atoms with Crippen LogP contribution in [0.15, 0.2) is 41.3 Å². The van der Waals surface area contributed by atoms with E-state index < -0.39 is 10.0 Å². The van der Waals surface area contributed by atoms with Crippen LogP contribution in [0.1, 0.15) is 16.7 Å². The highest BCUT2D eigenvalue weighted by molar-refractivity contribution is 7.89. The maximum absolute atomic E-state index is 12.6. The zero-order valence-corrected chi connectivity index (χ0v) is 16.3. The Bertz CT molecular complexity index is 828. The quantitative estimate of drug-likeness (QED) is 0.823. The molecular weight excluding hydrogens is 336 g/mol. The van der Waals surface area contributed by atoms with E-state index in [0.717, 1.165) is 22.4 Å². The molecule has 0 aromatic heterocycles. The van der Waals surface area contributed by atoms with E-state index in [1.807, 2.05) is 57.1 Å². The molecule has 0 aliphatic carbocycles. The summed E-state index contributed by atoms with van der Waals surface area (Å²) in [6.45, 7) is 4.15. The van der Waals surface area contributed by atoms with Gasteiger partial charge in [-0.05, 0) is 61.2 Å². The van der Waals surface area contributed by atoms with Crippen LogP contribution in [0.3, 0.4) is 0 Å². The highest BCUT2D eigenvalue weighted by Crippen LogP contribution is 2.27. The van der Waals surface area contributed by atoms with Crippen LogP contribution in [-0.2, 0) is 16.4 Å². The first-order chi connectivity index (χ1) is 11.7. The minimum Gasteiger partial charge on any atom is -0.495 e. The van der Waals surface area contributed by atoms with E-state index >= 15 is 0 Å². The minimum atomic E-state index is -3.62. The van der Waals surface area contributed by atoms with E-state index in [-0.39, 0.29) is 4.90 Å². The first kappa shape index (κ1) is 19.3. The lowest BCUT2D eigenvalue weighted by Crippen LogP contribution is -2.26. The molecule has 0 bridgehead atoms. The molecule has 2 aromatic rings. The van der Waals surface area contributed by atoms with Gasteiger partial charge in [0.1, 0.15) is 10.6 Å². The van der Waals surface area contributed by atoms with Gasteiger partial charge in [-0.3, -0.25) is 0 Å². The van der Waals surface area contributed by atoms with Crippen molar-refractivity contribution in [3.8, 4) is 5.75 Å². The van der Waals surface area contributed by atoms with Crippen molar-refractivity contribution in [3.63, 3.8) is 0 Å². The Hall–Kier alpha value is -2.05. The topological polar surface area (TPSA) is 58.6 Å². The van der Waals surface area contributed by atoms with Crippen LogP contribution in [0.2, 0.25) is 0 Å². The fourth-order valence-corrected chi connectivity index (χ4v) is 3.77. The first-order valence-corrected chi connectivity index (χ1v) is 9.64. The molecule has 0 radical (unpaired) electrons. The molecule has 0 saturated heterocycles. The van der Waals surface area contributed by atoms with Crippen molar-refractivity contribution >= 4 is 15.7 Å². The predicted molar refractivity (Wildman–Crippen MR) is 102 cm³/mol. The standard InChI is InChI=1S/C19H26N2O3S/c1-14-12-18(24-5)19(13-15(14)2)25(22,23)20-11-10-16-6-8-17(9-7-16)21(3)4/h6-9,12-13,20H,10-11H2,1-5H3. The smallest absolute Gasteiger partial charge is 0.244 e. The Morgan fingerprint density at radius 1 is 1.04 bits per heavy atom. The van der Waals surface area contributed by atoms with Gasteiger partial charge < -0.3 is 9.64 Å². The largest absolute Gasteiger partial charge is 0.495 e. The summed E-state index contributed by atoms with van der Waals surface area (Å²) in [4.78, 5) is 2.21. The monoisotopic (exact) mass is 362 g/mol. The number of methoxy groups -OCH3 is 1. The number of sulfonamides is 1. The Morgan fingerprint density at radius 3 is 2.20 bits per heavy atom. The van der Waals surface area contributed by atoms with Crippen molar-refractivity contribution < 1.29 is 13.2 Å². The molecule has 0 unspecified atom stereocenters. The third-order valence-electron chi connectivity index (χ3n) is 4.23. The Morgan fingerprint density at radius 2 is 1.64 bits per heavy atom. The summed E-state index contributed by atoms with van der Waals surface area (Å²) in [7, 11) is 1.84. The summed E-state index contributed by atoms with van der Waals surface area (Å²) < 4.78 is 33.1. The van der Waals surface area contributed by atoms with Gasteiger partial charge in [0.05, 0.1) is 7.11 Å². The molecule has 0 fully saturated rings. The molecule has 2 rings (SSSR count). The van der Waals surface area contributed by atoms with Crippen molar-refractivity contribution in [1.29, 1.82) is 0 Å². The first-order valence-electron chi connectivity index (χ1n) is 8.16. The summed E-state index contributed by atoms with van der Waals surface area (Å²) in [5, 5.41) is 0. The molecule has 1 N–H and O–H groups in total. The molecule has 5 nitrogen and oxygen atoms in total. The summed E-state index contributed by atoms with van der Waals surface area (Å²) >= 11 is 0. The third kappa shape index (κ3) is 4.74. The van der Waals surface area contributed by atoms with Gasteiger partial charge in [0.25, 0.3) is 0 Å². The molecule has 136 valence electrons. The van der Waals surface area contributed by atoms with Crippen LogP contribution in [0.4, 0.5) is 5.69 Å². The predicted octanol–water partition coefficient (Wildman–Crippen LogP) is 2.90. The van der Waals surface area contributed by atoms with Crippen molar-refractivity contribution in [2.75, 3.05) is 32.6 Å². The molecule has 25 heavy (non-hydrogen) atoms. The van der Waals surface area contributed by atoms with E-state index in [1.54, 1.807) is 12.1 Å². The zero-order valence-electron chi connectivity index (χ0n) is 15.5. The molecule has 2 aromatic carbocycles. The highest BCUT2D eigenvalue weighted by Gasteiger charge is 2.20. The average molecular weight is 362 g/mol. The fraction of sp³-hybridized carbons (Fsp3) is 0.368. The SMILES string of the molecule is COc1cc(C)c(C)cc1S(=O)(=O)NCCc1ccc(N(C)C)cc1. The maximum Gasteiger partial charge on any atom is 0.244 e. The number of hydrogen-bond acceptors (Lipinski definition) is 4. The number of aryl methyl sites for hydroxylation is 2. The Kier molecular flexibility index (Phi) is 6.08. The number of benzene rings is 2. The van der Waals surface area contributed by atoms with Crippen molar-refractivity contribution in [2.45, 2.75) is 25.2 Å². The van der Waals surface area contributed by atoms with Gasteiger partial charge in [-0.1, -0.05) is 12.1 Å². The highest BCUT2D eigenvalue weighted by atomic mass is 32.2. The maximum atomic E-state index is 12.6. The van der Waals surface area contributed by atoms with Gasteiger partial charge in [0.15, 0.2) is 0 Å². The molecule has 0 aliphatic heterocycles. The fourth-order valence-electron chi connectivity index (χ4n) is 2.50. The zero-order chi connectivity index (χ0) is 18.6. The molecule has 6 heteroatoms. The number of nitrogens with one attached hydrogen (secondary N) is 1. The lowest BCUT2D eigenvalue weighted by molar-refractivity contribution is 0.402. The second-order valence-corrected chi connectivity index (χ2v) is 8.03. The van der Waals surface area contributed by atoms with Gasteiger partial charge in [0.2, 0.25) is 10.0 Å². The minimum absolute atomic E-state index is 0.182. The summed E-state index contributed by atoms with van der Waals surface area (Å²) in [6, 6.07) is 11.5. The normalized spacial score (nSPS) is 11.4. The average Bonchev–Trinajstić information content (AvgIpc) is 2.57. The summed E-state index contributed by atoms with van der Waals surface area (Å²) in [5.74, 6) is 0.367. The lowest BCUT2D eigenvalue weighted by Gasteiger charge is -2.14. The molecule has 0 heterocycles. The summed E-state index contributed by atoms with van der Waals surface area (Å²) in [5.41, 5.74) is 4.11. The molecule has 0 saturated carbocycles. The van der Waals surface area contributed by atoms with Gasteiger partial charge in [-0.25, -0.2) is 13.1 Å². The van der Waals surface area contributed by atoms with Gasteiger partial charge in [-0.2, -0.15) is 0 Å². The van der Waals surface area contributed by atoms with E-state index in [2.05, 4.69) is 4.72 Å². The lowest BCUT2D eigenvalue weighted by atomic mass is 10.1. The number of nitrogens with zero attached hydrogens (tertiary/aromatic N) is 1. The molecule has 0 atom stereocenters. The Labute approximate surface area is 150 Å². The number of rotatable bonds is 7. The van der Waals surface area contributed by atoms with Crippen LogP contribution < -0.4 is 14.4 Å². The van der Waals surface area contributed by atoms with E-state index in [4.69, 9.17) is 4.74 Å². The second-order valence-electron chi connectivity index (χ2n) is 6.30. The van der Waals surface area contributed by atoms with Crippen molar-refractivity contribution in [3.05, 3.63) is 53.1 Å². The van der Waals surface area contributed by atoms with Gasteiger partial charge in [0, 0.05) is 26.3 Å². The molecule has 0 spiro atoms. The molecule has 0 amide bonds. The van der Waals surface area contributed by atoms with Crippen LogP contribution in [0.25, 0.3) is 0 Å². The molecule has 0 aliphatic rings. The van der Waals surface area contributed by atoms with Crippen LogP contribution in [0, 0.1) is 13.8 Å². The Balaban J connectivity index is 2.08.